The van der Waals surface area contributed by atoms with Gasteiger partial charge in [0.25, 0.3) is 0 Å². The van der Waals surface area contributed by atoms with E-state index < -0.39 is 10.0 Å². The van der Waals surface area contributed by atoms with Crippen LogP contribution in [0.3, 0.4) is 0 Å². The van der Waals surface area contributed by atoms with Crippen molar-refractivity contribution in [1.29, 1.82) is 0 Å². The summed E-state index contributed by atoms with van der Waals surface area (Å²) in [5, 5.41) is 3.27. The van der Waals surface area contributed by atoms with Crippen molar-refractivity contribution < 1.29 is 8.42 Å². The highest BCUT2D eigenvalue weighted by Gasteiger charge is 2.27. The number of rotatable bonds is 7. The molecule has 3 aromatic rings. The number of anilines is 1. The molecular formula is C20H25N5O2S. The first kappa shape index (κ1) is 18.9. The van der Waals surface area contributed by atoms with E-state index in [4.69, 9.17) is 0 Å². The molecule has 0 amide bonds. The fourth-order valence-corrected chi connectivity index (χ4v) is 5.11. The number of hydrogen-bond acceptors (Lipinski definition) is 5. The predicted molar refractivity (Wildman–Crippen MR) is 110 cm³/mol. The third-order valence-corrected chi connectivity index (χ3v) is 7.03. The van der Waals surface area contributed by atoms with E-state index in [9.17, 15) is 8.42 Å². The van der Waals surface area contributed by atoms with Crippen LogP contribution in [0.25, 0.3) is 11.0 Å². The molecule has 0 spiro atoms. The number of imidazole rings is 1. The van der Waals surface area contributed by atoms with Crippen LogP contribution in [0.5, 0.6) is 0 Å². The molecule has 28 heavy (non-hydrogen) atoms. The van der Waals surface area contributed by atoms with Gasteiger partial charge in [0.2, 0.25) is 10.0 Å². The van der Waals surface area contributed by atoms with Gasteiger partial charge in [0.05, 0.1) is 11.0 Å². The van der Waals surface area contributed by atoms with Crippen LogP contribution in [0.1, 0.15) is 25.1 Å². The Morgan fingerprint density at radius 3 is 2.64 bits per heavy atom. The van der Waals surface area contributed by atoms with Gasteiger partial charge in [-0.1, -0.05) is 12.1 Å². The number of pyridine rings is 1. The predicted octanol–water partition coefficient (Wildman–Crippen LogP) is 3.03. The molecule has 148 valence electrons. The fourth-order valence-electron chi connectivity index (χ4n) is 3.65. The summed E-state index contributed by atoms with van der Waals surface area (Å²) >= 11 is 0. The average molecular weight is 400 g/mol. The van der Waals surface area contributed by atoms with E-state index in [0.29, 0.717) is 18.9 Å². The summed E-state index contributed by atoms with van der Waals surface area (Å²) in [5.74, 6) is 1.70. The number of aromatic nitrogens is 3. The van der Waals surface area contributed by atoms with Crippen molar-refractivity contribution in [2.45, 2.75) is 37.6 Å². The quantitative estimate of drug-likeness (QED) is 0.618. The van der Waals surface area contributed by atoms with Crippen molar-refractivity contribution in [3.8, 4) is 0 Å². The average Bonchev–Trinajstić information content (AvgIpc) is 3.34. The first-order valence-electron chi connectivity index (χ1n) is 9.68. The van der Waals surface area contributed by atoms with Crippen molar-refractivity contribution in [2.24, 2.45) is 0 Å². The molecular weight excluding hydrogens is 374 g/mol. The Balaban J connectivity index is 1.33. The highest BCUT2D eigenvalue weighted by Crippen LogP contribution is 2.21. The molecule has 4 rings (SSSR count). The van der Waals surface area contributed by atoms with Gasteiger partial charge in [0, 0.05) is 32.4 Å². The van der Waals surface area contributed by atoms with Gasteiger partial charge in [0.15, 0.2) is 0 Å². The number of aryl methyl sites for hydroxylation is 2. The molecule has 1 saturated heterocycles. The van der Waals surface area contributed by atoms with Crippen LogP contribution < -0.4 is 5.32 Å². The van der Waals surface area contributed by atoms with Crippen molar-refractivity contribution in [3.05, 3.63) is 48.4 Å². The van der Waals surface area contributed by atoms with Gasteiger partial charge in [-0.2, -0.15) is 4.31 Å². The molecule has 0 radical (unpaired) electrons. The topological polar surface area (TPSA) is 80.1 Å². The maximum atomic E-state index is 12.5. The van der Waals surface area contributed by atoms with E-state index in [0.717, 1.165) is 49.2 Å². The SMILES string of the molecule is Cc1nc2ccccc2n1CCCNc1ccc(S(=O)(=O)N2CCCC2)cn1. The van der Waals surface area contributed by atoms with Gasteiger partial charge in [-0.15, -0.1) is 0 Å². The molecule has 1 fully saturated rings. The second-order valence-corrected chi connectivity index (χ2v) is 9.01. The van der Waals surface area contributed by atoms with Crippen molar-refractivity contribution in [1.82, 2.24) is 18.8 Å². The minimum absolute atomic E-state index is 0.264. The summed E-state index contributed by atoms with van der Waals surface area (Å²) < 4.78 is 28.8. The number of sulfonamides is 1. The summed E-state index contributed by atoms with van der Waals surface area (Å²) in [4.78, 5) is 9.13. The van der Waals surface area contributed by atoms with Crippen LogP contribution in [0.15, 0.2) is 47.5 Å². The smallest absolute Gasteiger partial charge is 0.244 e. The zero-order valence-corrected chi connectivity index (χ0v) is 16.8. The number of hydrogen-bond donors (Lipinski definition) is 1. The number of para-hydroxylation sites is 2. The Hall–Kier alpha value is -2.45. The summed E-state index contributed by atoms with van der Waals surface area (Å²) in [6, 6.07) is 11.5. The van der Waals surface area contributed by atoms with Gasteiger partial charge in [-0.25, -0.2) is 18.4 Å². The maximum Gasteiger partial charge on any atom is 0.244 e. The highest BCUT2D eigenvalue weighted by atomic mass is 32.2. The zero-order valence-electron chi connectivity index (χ0n) is 16.0. The summed E-state index contributed by atoms with van der Waals surface area (Å²) in [5.41, 5.74) is 2.17. The molecule has 2 aromatic heterocycles. The first-order valence-corrected chi connectivity index (χ1v) is 11.1. The van der Waals surface area contributed by atoms with Crippen LogP contribution in [0, 0.1) is 6.92 Å². The van der Waals surface area contributed by atoms with Crippen LogP contribution in [0.4, 0.5) is 5.82 Å². The van der Waals surface area contributed by atoms with E-state index in [2.05, 4.69) is 25.9 Å². The lowest BCUT2D eigenvalue weighted by Gasteiger charge is -2.15. The van der Waals surface area contributed by atoms with Crippen LogP contribution >= 0.6 is 0 Å². The lowest BCUT2D eigenvalue weighted by atomic mass is 10.3. The van der Waals surface area contributed by atoms with E-state index >= 15 is 0 Å². The van der Waals surface area contributed by atoms with Gasteiger partial charge >= 0.3 is 0 Å². The molecule has 0 atom stereocenters. The standard InChI is InChI=1S/C20H25N5O2S/c1-16-23-18-7-2-3-8-19(18)25(16)14-6-11-21-20-10-9-17(15-22-20)28(26,27)24-12-4-5-13-24/h2-3,7-10,15H,4-6,11-14H2,1H3,(H,21,22). The van der Waals surface area contributed by atoms with E-state index in [1.54, 1.807) is 12.1 Å². The molecule has 1 aromatic carbocycles. The monoisotopic (exact) mass is 399 g/mol. The Morgan fingerprint density at radius 1 is 1.11 bits per heavy atom. The largest absolute Gasteiger partial charge is 0.370 e. The molecule has 8 heteroatoms. The first-order chi connectivity index (χ1) is 13.6. The lowest BCUT2D eigenvalue weighted by Crippen LogP contribution is -2.27. The molecule has 0 bridgehead atoms. The molecule has 0 aliphatic carbocycles. The van der Waals surface area contributed by atoms with Crippen molar-refractivity contribution in [2.75, 3.05) is 25.0 Å². The summed E-state index contributed by atoms with van der Waals surface area (Å²) in [6.07, 6.45) is 4.22. The van der Waals surface area contributed by atoms with Crippen LogP contribution in [-0.4, -0.2) is 46.9 Å². The number of benzene rings is 1. The van der Waals surface area contributed by atoms with Gasteiger partial charge < -0.3 is 9.88 Å². The van der Waals surface area contributed by atoms with E-state index in [1.807, 2.05) is 25.1 Å². The van der Waals surface area contributed by atoms with E-state index in [1.165, 1.54) is 10.5 Å². The molecule has 1 aliphatic rings. The third kappa shape index (κ3) is 3.74. The highest BCUT2D eigenvalue weighted by molar-refractivity contribution is 7.89. The minimum atomic E-state index is -3.40. The molecule has 1 N–H and O–H groups in total. The number of nitrogens with one attached hydrogen (secondary N) is 1. The van der Waals surface area contributed by atoms with Crippen molar-refractivity contribution in [3.63, 3.8) is 0 Å². The van der Waals surface area contributed by atoms with Crippen LogP contribution in [0.2, 0.25) is 0 Å². The van der Waals surface area contributed by atoms with Gasteiger partial charge in [0.1, 0.15) is 16.5 Å². The Bertz CT molecular complexity index is 1050. The zero-order chi connectivity index (χ0) is 19.6. The Kier molecular flexibility index (Phi) is 5.32. The van der Waals surface area contributed by atoms with Gasteiger partial charge in [-0.05, 0) is 50.5 Å². The lowest BCUT2D eigenvalue weighted by molar-refractivity contribution is 0.477. The second kappa shape index (κ2) is 7.89. The fraction of sp³-hybridized carbons (Fsp3) is 0.400. The summed E-state index contributed by atoms with van der Waals surface area (Å²) in [7, 11) is -3.40. The molecule has 7 nitrogen and oxygen atoms in total. The summed E-state index contributed by atoms with van der Waals surface area (Å²) in [6.45, 7) is 4.84. The second-order valence-electron chi connectivity index (χ2n) is 7.07. The number of fused-ring (bicyclic) bond motifs is 1. The third-order valence-electron chi connectivity index (χ3n) is 5.15. The number of nitrogens with zero attached hydrogens (tertiary/aromatic N) is 4. The normalized spacial score (nSPS) is 15.3. The van der Waals surface area contributed by atoms with Crippen molar-refractivity contribution >= 4 is 26.9 Å². The molecule has 0 saturated carbocycles. The van der Waals surface area contributed by atoms with E-state index in [-0.39, 0.29) is 4.90 Å². The molecule has 0 unspecified atom stereocenters. The van der Waals surface area contributed by atoms with Gasteiger partial charge in [-0.3, -0.25) is 0 Å². The maximum absolute atomic E-state index is 12.5. The Labute approximate surface area is 165 Å². The minimum Gasteiger partial charge on any atom is -0.370 e. The van der Waals surface area contributed by atoms with Crippen LogP contribution in [-0.2, 0) is 16.6 Å². The Morgan fingerprint density at radius 2 is 1.89 bits per heavy atom. The molecule has 1 aliphatic heterocycles. The molecule has 3 heterocycles.